The number of nitrogens with two attached hydrogens (primary N) is 1. The summed E-state index contributed by atoms with van der Waals surface area (Å²) >= 11 is 0. The largest absolute Gasteiger partial charge is 0.409 e. The zero-order valence-electron chi connectivity index (χ0n) is 7.08. The van der Waals surface area contributed by atoms with Crippen molar-refractivity contribution in [3.63, 3.8) is 0 Å². The molecule has 0 aromatic rings. The maximum atomic E-state index is 8.17. The Morgan fingerprint density at radius 3 is 2.92 bits per heavy atom. The molecule has 0 radical (unpaired) electrons. The minimum atomic E-state index is 0.201. The number of hydrogen-bond donors (Lipinski definition) is 3. The third kappa shape index (κ3) is 6.90. The molecule has 4 nitrogen and oxygen atoms in total. The molecular weight excluding hydrogens is 154 g/mol. The van der Waals surface area contributed by atoms with Crippen LogP contribution in [0.5, 0.6) is 0 Å². The topological polar surface area (TPSA) is 70.6 Å². The molecule has 4 heteroatoms. The fraction of sp³-hybridized carbons (Fsp3) is 0.625. The van der Waals surface area contributed by atoms with E-state index in [1.54, 1.807) is 0 Å². The Hall–Kier alpha value is -1.21. The van der Waals surface area contributed by atoms with Gasteiger partial charge in [0.15, 0.2) is 5.84 Å². The maximum absolute atomic E-state index is 8.17. The second-order valence-corrected chi connectivity index (χ2v) is 2.43. The van der Waals surface area contributed by atoms with Gasteiger partial charge in [-0.1, -0.05) is 5.16 Å². The lowest BCUT2D eigenvalue weighted by Crippen LogP contribution is -2.29. The fourth-order valence-corrected chi connectivity index (χ4v) is 0.729. The molecule has 0 aliphatic carbocycles. The minimum Gasteiger partial charge on any atom is -0.409 e. The Morgan fingerprint density at radius 1 is 1.58 bits per heavy atom. The maximum Gasteiger partial charge on any atom is 0.153 e. The van der Waals surface area contributed by atoms with Gasteiger partial charge in [-0.25, -0.2) is 0 Å². The third-order valence-corrected chi connectivity index (χ3v) is 1.36. The standard InChI is InChI=1S/C8H15N3O/c1-2-3-4-5-6-10-7-8(9)11-12/h1,10,12H,3-7H2,(H2,9,11). The second-order valence-electron chi connectivity index (χ2n) is 2.43. The van der Waals surface area contributed by atoms with Gasteiger partial charge in [-0.2, -0.15) is 0 Å². The molecule has 0 aromatic carbocycles. The molecule has 0 spiro atoms. The van der Waals surface area contributed by atoms with Gasteiger partial charge in [-0.05, 0) is 19.4 Å². The van der Waals surface area contributed by atoms with Crippen LogP contribution in [-0.2, 0) is 0 Å². The molecule has 4 N–H and O–H groups in total. The SMILES string of the molecule is C#CCCCCNCC(N)=NO. The number of oxime groups is 1. The number of rotatable bonds is 6. The van der Waals surface area contributed by atoms with Gasteiger partial charge in [0.2, 0.25) is 0 Å². The third-order valence-electron chi connectivity index (χ3n) is 1.36. The first-order valence-electron chi connectivity index (χ1n) is 3.92. The van der Waals surface area contributed by atoms with Crippen LogP contribution in [0, 0.1) is 12.3 Å². The molecule has 0 saturated carbocycles. The van der Waals surface area contributed by atoms with Crippen LogP contribution < -0.4 is 11.1 Å². The Kier molecular flexibility index (Phi) is 7.10. The van der Waals surface area contributed by atoms with Gasteiger partial charge in [0, 0.05) is 6.42 Å². The number of unbranched alkanes of at least 4 members (excludes halogenated alkanes) is 2. The van der Waals surface area contributed by atoms with Crippen LogP contribution in [0.3, 0.4) is 0 Å². The Bertz CT molecular complexity index is 172. The summed E-state index contributed by atoms with van der Waals surface area (Å²) in [5, 5.41) is 14.0. The molecular formula is C8H15N3O. The van der Waals surface area contributed by atoms with E-state index in [2.05, 4.69) is 16.4 Å². The van der Waals surface area contributed by atoms with Gasteiger partial charge in [-0.15, -0.1) is 12.3 Å². The van der Waals surface area contributed by atoms with Crippen LogP contribution in [0.2, 0.25) is 0 Å². The number of terminal acetylenes is 1. The van der Waals surface area contributed by atoms with E-state index in [0.29, 0.717) is 6.54 Å². The molecule has 0 aliphatic rings. The summed E-state index contributed by atoms with van der Waals surface area (Å²) in [6, 6.07) is 0. The van der Waals surface area contributed by atoms with E-state index in [-0.39, 0.29) is 5.84 Å². The predicted octanol–water partition coefficient (Wildman–Crippen LogP) is 0.126. The number of nitrogens with one attached hydrogen (secondary N) is 1. The smallest absolute Gasteiger partial charge is 0.153 e. The quantitative estimate of drug-likeness (QED) is 0.132. The van der Waals surface area contributed by atoms with Crippen molar-refractivity contribution in [3.8, 4) is 12.3 Å². The summed E-state index contributed by atoms with van der Waals surface area (Å²) in [5.41, 5.74) is 5.22. The van der Waals surface area contributed by atoms with Crippen molar-refractivity contribution in [1.82, 2.24) is 5.32 Å². The van der Waals surface area contributed by atoms with E-state index in [0.717, 1.165) is 25.8 Å². The molecule has 12 heavy (non-hydrogen) atoms. The van der Waals surface area contributed by atoms with Gasteiger partial charge >= 0.3 is 0 Å². The molecule has 0 atom stereocenters. The highest BCUT2D eigenvalue weighted by molar-refractivity contribution is 5.81. The molecule has 0 unspecified atom stereocenters. The molecule has 0 aliphatic heterocycles. The average Bonchev–Trinajstić information content (AvgIpc) is 2.10. The van der Waals surface area contributed by atoms with Gasteiger partial charge < -0.3 is 16.3 Å². The minimum absolute atomic E-state index is 0.201. The van der Waals surface area contributed by atoms with Crippen molar-refractivity contribution in [1.29, 1.82) is 0 Å². The molecule has 0 amide bonds. The van der Waals surface area contributed by atoms with Crippen molar-refractivity contribution in [2.45, 2.75) is 19.3 Å². The summed E-state index contributed by atoms with van der Waals surface area (Å²) in [4.78, 5) is 0. The normalized spacial score (nSPS) is 11.1. The lowest BCUT2D eigenvalue weighted by molar-refractivity contribution is 0.317. The molecule has 0 bridgehead atoms. The van der Waals surface area contributed by atoms with E-state index in [1.165, 1.54) is 0 Å². The van der Waals surface area contributed by atoms with E-state index in [9.17, 15) is 0 Å². The van der Waals surface area contributed by atoms with E-state index >= 15 is 0 Å². The predicted molar refractivity (Wildman–Crippen MR) is 49.0 cm³/mol. The van der Waals surface area contributed by atoms with Gasteiger partial charge in [-0.3, -0.25) is 0 Å². The van der Waals surface area contributed by atoms with Gasteiger partial charge in [0.1, 0.15) is 0 Å². The Balaban J connectivity index is 3.07. The first kappa shape index (κ1) is 10.8. The molecule has 0 aromatic heterocycles. The van der Waals surface area contributed by atoms with Crippen LogP contribution in [0.1, 0.15) is 19.3 Å². The molecule has 0 heterocycles. The van der Waals surface area contributed by atoms with Crippen molar-refractivity contribution in [3.05, 3.63) is 0 Å². The average molecular weight is 169 g/mol. The Morgan fingerprint density at radius 2 is 2.33 bits per heavy atom. The van der Waals surface area contributed by atoms with E-state index in [4.69, 9.17) is 17.4 Å². The highest BCUT2D eigenvalue weighted by Crippen LogP contribution is 1.90. The molecule has 68 valence electrons. The van der Waals surface area contributed by atoms with Crippen LogP contribution in [0.25, 0.3) is 0 Å². The summed E-state index contributed by atoms with van der Waals surface area (Å²) in [7, 11) is 0. The number of nitrogens with zero attached hydrogens (tertiary/aromatic N) is 1. The second kappa shape index (κ2) is 7.89. The van der Waals surface area contributed by atoms with E-state index < -0.39 is 0 Å². The molecule has 0 rings (SSSR count). The Labute approximate surface area is 72.8 Å². The van der Waals surface area contributed by atoms with Crippen LogP contribution in [-0.4, -0.2) is 24.1 Å². The summed E-state index contributed by atoms with van der Waals surface area (Å²) < 4.78 is 0. The van der Waals surface area contributed by atoms with Crippen LogP contribution >= 0.6 is 0 Å². The van der Waals surface area contributed by atoms with Crippen molar-refractivity contribution >= 4 is 5.84 Å². The first-order chi connectivity index (χ1) is 5.81. The summed E-state index contributed by atoms with van der Waals surface area (Å²) in [6.45, 7) is 1.27. The van der Waals surface area contributed by atoms with Crippen molar-refractivity contribution in [2.24, 2.45) is 10.9 Å². The molecule has 0 fully saturated rings. The fourth-order valence-electron chi connectivity index (χ4n) is 0.729. The first-order valence-corrected chi connectivity index (χ1v) is 3.92. The summed E-state index contributed by atoms with van der Waals surface area (Å²) in [6.07, 6.45) is 7.91. The van der Waals surface area contributed by atoms with E-state index in [1.807, 2.05) is 0 Å². The highest BCUT2D eigenvalue weighted by atomic mass is 16.4. The van der Waals surface area contributed by atoms with Crippen LogP contribution in [0.15, 0.2) is 5.16 Å². The lowest BCUT2D eigenvalue weighted by Gasteiger charge is -2.01. The van der Waals surface area contributed by atoms with Gasteiger partial charge in [0.05, 0.1) is 6.54 Å². The lowest BCUT2D eigenvalue weighted by atomic mass is 10.2. The zero-order chi connectivity index (χ0) is 9.23. The highest BCUT2D eigenvalue weighted by Gasteiger charge is 1.91. The number of hydrogen-bond acceptors (Lipinski definition) is 3. The monoisotopic (exact) mass is 169 g/mol. The van der Waals surface area contributed by atoms with Crippen LogP contribution in [0.4, 0.5) is 0 Å². The number of amidine groups is 1. The van der Waals surface area contributed by atoms with Crippen molar-refractivity contribution < 1.29 is 5.21 Å². The summed E-state index contributed by atoms with van der Waals surface area (Å²) in [5.74, 6) is 2.76. The van der Waals surface area contributed by atoms with Gasteiger partial charge in [0.25, 0.3) is 0 Å². The zero-order valence-corrected chi connectivity index (χ0v) is 7.08. The molecule has 0 saturated heterocycles. The van der Waals surface area contributed by atoms with Crippen molar-refractivity contribution in [2.75, 3.05) is 13.1 Å².